The van der Waals surface area contributed by atoms with E-state index in [1.165, 1.54) is 30.2 Å². The van der Waals surface area contributed by atoms with E-state index in [-0.39, 0.29) is 6.04 Å². The van der Waals surface area contributed by atoms with Gasteiger partial charge in [0.25, 0.3) is 0 Å². The van der Waals surface area contributed by atoms with Crippen LogP contribution in [0.15, 0.2) is 36.5 Å². The Balaban J connectivity index is 2.08. The maximum absolute atomic E-state index is 6.34. The zero-order chi connectivity index (χ0) is 11.0. The van der Waals surface area contributed by atoms with Crippen LogP contribution in [0.1, 0.15) is 30.9 Å². The third kappa shape index (κ3) is 1.50. The van der Waals surface area contributed by atoms with Gasteiger partial charge < -0.3 is 5.73 Å². The lowest BCUT2D eigenvalue weighted by Gasteiger charge is -2.31. The summed E-state index contributed by atoms with van der Waals surface area (Å²) in [5.41, 5.74) is 8.65. The minimum Gasteiger partial charge on any atom is -0.324 e. The van der Waals surface area contributed by atoms with Crippen molar-refractivity contribution in [3.63, 3.8) is 0 Å². The van der Waals surface area contributed by atoms with Gasteiger partial charge in [0.05, 0.1) is 5.52 Å². The highest BCUT2D eigenvalue weighted by atomic mass is 14.7. The highest BCUT2D eigenvalue weighted by Gasteiger charge is 2.26. The molecule has 1 atom stereocenters. The second-order valence-corrected chi connectivity index (χ2v) is 4.63. The third-order valence-corrected chi connectivity index (χ3v) is 3.70. The Bertz CT molecular complexity index is 498. The molecule has 0 saturated heterocycles. The molecule has 1 heterocycles. The summed E-state index contributed by atoms with van der Waals surface area (Å²) >= 11 is 0. The zero-order valence-corrected chi connectivity index (χ0v) is 9.26. The van der Waals surface area contributed by atoms with E-state index in [0.717, 1.165) is 5.52 Å². The summed E-state index contributed by atoms with van der Waals surface area (Å²) in [7, 11) is 0. The van der Waals surface area contributed by atoms with E-state index in [1.807, 2.05) is 18.3 Å². The molecular weight excluding hydrogens is 196 g/mol. The van der Waals surface area contributed by atoms with Gasteiger partial charge in [-0.2, -0.15) is 0 Å². The first-order valence-electron chi connectivity index (χ1n) is 5.95. The number of fused-ring (bicyclic) bond motifs is 1. The van der Waals surface area contributed by atoms with Crippen molar-refractivity contribution in [2.24, 2.45) is 11.7 Å². The number of hydrogen-bond acceptors (Lipinski definition) is 2. The molecule has 2 heteroatoms. The number of aromatic nitrogens is 1. The molecule has 2 aromatic rings. The lowest BCUT2D eigenvalue weighted by molar-refractivity contribution is 0.265. The van der Waals surface area contributed by atoms with E-state index in [1.54, 1.807) is 0 Å². The summed E-state index contributed by atoms with van der Waals surface area (Å²) in [5.74, 6) is 0.672. The van der Waals surface area contributed by atoms with Crippen LogP contribution < -0.4 is 5.73 Å². The van der Waals surface area contributed by atoms with Gasteiger partial charge in [0.2, 0.25) is 0 Å². The monoisotopic (exact) mass is 212 g/mol. The maximum atomic E-state index is 6.34. The average Bonchev–Trinajstić information content (AvgIpc) is 2.26. The van der Waals surface area contributed by atoms with Crippen molar-refractivity contribution in [1.82, 2.24) is 4.98 Å². The quantitative estimate of drug-likeness (QED) is 0.831. The summed E-state index contributed by atoms with van der Waals surface area (Å²) < 4.78 is 0. The number of nitrogens with zero attached hydrogens (tertiary/aromatic N) is 1. The molecule has 1 unspecified atom stereocenters. The van der Waals surface area contributed by atoms with Crippen molar-refractivity contribution >= 4 is 10.9 Å². The standard InChI is InChI=1S/C14H16N2/c15-14(10-4-3-5-10)12-8-9-16-13-7-2-1-6-11(12)13/h1-2,6-10,14H,3-5,15H2. The Morgan fingerprint density at radius 2 is 2.00 bits per heavy atom. The molecule has 1 aromatic carbocycles. The van der Waals surface area contributed by atoms with Gasteiger partial charge in [-0.15, -0.1) is 0 Å². The van der Waals surface area contributed by atoms with Crippen molar-refractivity contribution < 1.29 is 0 Å². The van der Waals surface area contributed by atoms with Crippen LogP contribution in [0.5, 0.6) is 0 Å². The molecule has 0 spiro atoms. The Hall–Kier alpha value is -1.41. The van der Waals surface area contributed by atoms with Crippen LogP contribution in [-0.2, 0) is 0 Å². The van der Waals surface area contributed by atoms with Gasteiger partial charge in [-0.05, 0) is 36.5 Å². The number of benzene rings is 1. The molecule has 82 valence electrons. The topological polar surface area (TPSA) is 38.9 Å². The first-order valence-corrected chi connectivity index (χ1v) is 5.95. The summed E-state index contributed by atoms with van der Waals surface area (Å²) in [6.45, 7) is 0. The molecule has 0 aliphatic heterocycles. The fourth-order valence-electron chi connectivity index (χ4n) is 2.46. The van der Waals surface area contributed by atoms with Crippen molar-refractivity contribution in [2.45, 2.75) is 25.3 Å². The van der Waals surface area contributed by atoms with Crippen molar-refractivity contribution in [3.05, 3.63) is 42.1 Å². The average molecular weight is 212 g/mol. The Morgan fingerprint density at radius 3 is 2.75 bits per heavy atom. The van der Waals surface area contributed by atoms with Gasteiger partial charge in [0.15, 0.2) is 0 Å². The molecule has 0 radical (unpaired) electrons. The molecule has 2 N–H and O–H groups in total. The molecule has 1 fully saturated rings. The van der Waals surface area contributed by atoms with E-state index >= 15 is 0 Å². The summed E-state index contributed by atoms with van der Waals surface area (Å²) in [6.07, 6.45) is 5.76. The molecule has 3 rings (SSSR count). The highest BCUT2D eigenvalue weighted by molar-refractivity contribution is 5.82. The predicted molar refractivity (Wildman–Crippen MR) is 66.0 cm³/mol. The molecule has 2 nitrogen and oxygen atoms in total. The first kappa shape index (κ1) is 9.79. The largest absolute Gasteiger partial charge is 0.324 e. The van der Waals surface area contributed by atoms with E-state index in [4.69, 9.17) is 5.73 Å². The van der Waals surface area contributed by atoms with Crippen LogP contribution >= 0.6 is 0 Å². The molecule has 0 bridgehead atoms. The van der Waals surface area contributed by atoms with Crippen LogP contribution in [0.3, 0.4) is 0 Å². The van der Waals surface area contributed by atoms with E-state index in [2.05, 4.69) is 23.2 Å². The van der Waals surface area contributed by atoms with E-state index in [9.17, 15) is 0 Å². The molecule has 1 aromatic heterocycles. The van der Waals surface area contributed by atoms with Crippen LogP contribution in [-0.4, -0.2) is 4.98 Å². The molecule has 1 saturated carbocycles. The number of hydrogen-bond donors (Lipinski definition) is 1. The molecule has 16 heavy (non-hydrogen) atoms. The second kappa shape index (κ2) is 3.87. The Labute approximate surface area is 95.5 Å². The highest BCUT2D eigenvalue weighted by Crippen LogP contribution is 2.37. The van der Waals surface area contributed by atoms with Crippen LogP contribution in [0.2, 0.25) is 0 Å². The van der Waals surface area contributed by atoms with Crippen LogP contribution in [0, 0.1) is 5.92 Å². The number of pyridine rings is 1. The van der Waals surface area contributed by atoms with Crippen molar-refractivity contribution in [1.29, 1.82) is 0 Å². The fourth-order valence-corrected chi connectivity index (χ4v) is 2.46. The SMILES string of the molecule is NC(c1ccnc2ccccc12)C1CCC1. The lowest BCUT2D eigenvalue weighted by Crippen LogP contribution is -2.27. The van der Waals surface area contributed by atoms with Crippen molar-refractivity contribution in [3.8, 4) is 0 Å². The van der Waals surface area contributed by atoms with Gasteiger partial charge in [-0.3, -0.25) is 4.98 Å². The maximum Gasteiger partial charge on any atom is 0.0705 e. The fraction of sp³-hybridized carbons (Fsp3) is 0.357. The first-order chi connectivity index (χ1) is 7.86. The summed E-state index contributed by atoms with van der Waals surface area (Å²) in [5, 5.41) is 1.21. The smallest absolute Gasteiger partial charge is 0.0705 e. The van der Waals surface area contributed by atoms with Gasteiger partial charge in [-0.25, -0.2) is 0 Å². The normalized spacial score (nSPS) is 18.3. The number of nitrogens with two attached hydrogens (primary N) is 1. The molecule has 1 aliphatic carbocycles. The van der Waals surface area contributed by atoms with Gasteiger partial charge >= 0.3 is 0 Å². The van der Waals surface area contributed by atoms with E-state index in [0.29, 0.717) is 5.92 Å². The predicted octanol–water partition coefficient (Wildman–Crippen LogP) is 3.03. The number of rotatable bonds is 2. The van der Waals surface area contributed by atoms with Crippen molar-refractivity contribution in [2.75, 3.05) is 0 Å². The van der Waals surface area contributed by atoms with Crippen LogP contribution in [0.4, 0.5) is 0 Å². The minimum atomic E-state index is 0.182. The number of para-hydroxylation sites is 1. The Kier molecular flexibility index (Phi) is 2.37. The third-order valence-electron chi connectivity index (χ3n) is 3.70. The summed E-state index contributed by atoms with van der Waals surface area (Å²) in [6, 6.07) is 10.5. The van der Waals surface area contributed by atoms with Gasteiger partial charge in [-0.1, -0.05) is 24.6 Å². The molecular formula is C14H16N2. The van der Waals surface area contributed by atoms with Crippen LogP contribution in [0.25, 0.3) is 10.9 Å². The molecule has 1 aliphatic rings. The Morgan fingerprint density at radius 1 is 1.19 bits per heavy atom. The zero-order valence-electron chi connectivity index (χ0n) is 9.26. The summed E-state index contributed by atoms with van der Waals surface area (Å²) in [4.78, 5) is 4.37. The van der Waals surface area contributed by atoms with Gasteiger partial charge in [0.1, 0.15) is 0 Å². The second-order valence-electron chi connectivity index (χ2n) is 4.63. The lowest BCUT2D eigenvalue weighted by atomic mass is 9.77. The minimum absolute atomic E-state index is 0.182. The molecule has 0 amide bonds. The van der Waals surface area contributed by atoms with Gasteiger partial charge in [0, 0.05) is 17.6 Å². The van der Waals surface area contributed by atoms with E-state index < -0.39 is 0 Å².